The normalized spacial score (nSPS) is 13.9. The first kappa shape index (κ1) is 15.4. The minimum atomic E-state index is -2.34. The molecule has 0 bridgehead atoms. The highest BCUT2D eigenvalue weighted by Gasteiger charge is 2.24. The highest BCUT2D eigenvalue weighted by atomic mass is 19.1. The molecule has 2 heterocycles. The van der Waals surface area contributed by atoms with E-state index in [1.165, 1.54) is 18.3 Å². The van der Waals surface area contributed by atoms with Crippen molar-refractivity contribution in [3.8, 4) is 11.3 Å². The molecule has 0 fully saturated rings. The van der Waals surface area contributed by atoms with E-state index >= 15 is 0 Å². The van der Waals surface area contributed by atoms with Gasteiger partial charge in [0, 0.05) is 38.1 Å². The largest absolute Gasteiger partial charge is 0.455 e. The zero-order chi connectivity index (χ0) is 23.4. The topological polar surface area (TPSA) is 26.0 Å². The van der Waals surface area contributed by atoms with Crippen LogP contribution in [0.5, 0.6) is 0 Å². The Morgan fingerprint density at radius 1 is 0.933 bits per heavy atom. The zero-order valence-corrected chi connectivity index (χ0v) is 16.7. The standard InChI is InChI=1S/C27H22FNO/c1-17-9-11-21(23-16-20(28)13-14-29-23)26-25(17)22-15-19(10-12-24(22)30-26)27(2,3)18-7-5-4-6-8-18/h4-16H,1-3H3/i1D3. The molecular weight excluding hydrogens is 373 g/mol. The molecule has 3 aromatic carbocycles. The van der Waals surface area contributed by atoms with Crippen molar-refractivity contribution in [2.75, 3.05) is 0 Å². The van der Waals surface area contributed by atoms with Crippen molar-refractivity contribution in [2.45, 2.75) is 26.1 Å². The van der Waals surface area contributed by atoms with E-state index in [4.69, 9.17) is 8.53 Å². The fourth-order valence-corrected chi connectivity index (χ4v) is 4.04. The maximum atomic E-state index is 13.9. The molecule has 0 amide bonds. The van der Waals surface area contributed by atoms with E-state index in [0.29, 0.717) is 27.8 Å². The van der Waals surface area contributed by atoms with Crippen molar-refractivity contribution >= 4 is 21.9 Å². The number of rotatable bonds is 3. The second-order valence-electron chi connectivity index (χ2n) is 8.03. The van der Waals surface area contributed by atoms with Gasteiger partial charge in [-0.3, -0.25) is 4.98 Å². The highest BCUT2D eigenvalue weighted by Crippen LogP contribution is 2.40. The van der Waals surface area contributed by atoms with E-state index in [0.717, 1.165) is 16.5 Å². The molecule has 0 atom stereocenters. The number of furan rings is 1. The summed E-state index contributed by atoms with van der Waals surface area (Å²) >= 11 is 0. The molecule has 30 heavy (non-hydrogen) atoms. The third kappa shape index (κ3) is 2.89. The molecule has 0 unspecified atom stereocenters. The van der Waals surface area contributed by atoms with Crippen LogP contribution >= 0.6 is 0 Å². The van der Waals surface area contributed by atoms with Gasteiger partial charge in [-0.25, -0.2) is 4.39 Å². The van der Waals surface area contributed by atoms with E-state index < -0.39 is 12.7 Å². The van der Waals surface area contributed by atoms with Crippen molar-refractivity contribution in [3.05, 3.63) is 102 Å². The summed E-state index contributed by atoms with van der Waals surface area (Å²) in [6.45, 7) is 1.94. The summed E-state index contributed by atoms with van der Waals surface area (Å²) in [6.07, 6.45) is 1.39. The number of hydrogen-bond donors (Lipinski definition) is 0. The van der Waals surface area contributed by atoms with Crippen molar-refractivity contribution in [3.63, 3.8) is 0 Å². The lowest BCUT2D eigenvalue weighted by Crippen LogP contribution is -2.18. The lowest BCUT2D eigenvalue weighted by atomic mass is 9.78. The van der Waals surface area contributed by atoms with Gasteiger partial charge in [0.1, 0.15) is 17.0 Å². The van der Waals surface area contributed by atoms with Crippen LogP contribution < -0.4 is 0 Å². The average molecular weight is 398 g/mol. The van der Waals surface area contributed by atoms with Gasteiger partial charge < -0.3 is 4.42 Å². The Kier molecular flexibility index (Phi) is 3.49. The molecule has 3 heteroatoms. The fraction of sp³-hybridized carbons (Fsp3) is 0.148. The molecular formula is C27H22FNO. The van der Waals surface area contributed by atoms with E-state index in [2.05, 4.69) is 31.0 Å². The van der Waals surface area contributed by atoms with Crippen LogP contribution in [0.3, 0.4) is 0 Å². The van der Waals surface area contributed by atoms with Crippen LogP contribution in [0, 0.1) is 12.7 Å². The van der Waals surface area contributed by atoms with Gasteiger partial charge in [-0.15, -0.1) is 0 Å². The summed E-state index contributed by atoms with van der Waals surface area (Å²) in [5.74, 6) is -0.420. The smallest absolute Gasteiger partial charge is 0.145 e. The Labute approximate surface area is 179 Å². The van der Waals surface area contributed by atoms with E-state index in [1.54, 1.807) is 12.1 Å². The minimum absolute atomic E-state index is 0.200. The third-order valence-corrected chi connectivity index (χ3v) is 5.83. The molecule has 5 aromatic rings. The quantitative estimate of drug-likeness (QED) is 0.316. The minimum Gasteiger partial charge on any atom is -0.455 e. The number of aryl methyl sites for hydroxylation is 1. The van der Waals surface area contributed by atoms with Crippen molar-refractivity contribution in [1.29, 1.82) is 0 Å². The Hall–Kier alpha value is -3.46. The van der Waals surface area contributed by atoms with Crippen LogP contribution in [0.25, 0.3) is 33.2 Å². The highest BCUT2D eigenvalue weighted by molar-refractivity contribution is 6.11. The molecule has 0 aliphatic rings. The van der Waals surface area contributed by atoms with Gasteiger partial charge >= 0.3 is 0 Å². The zero-order valence-electron chi connectivity index (χ0n) is 19.7. The first-order valence-corrected chi connectivity index (χ1v) is 9.84. The summed E-state index contributed by atoms with van der Waals surface area (Å²) in [4.78, 5) is 4.28. The number of aromatic nitrogens is 1. The van der Waals surface area contributed by atoms with Gasteiger partial charge in [0.15, 0.2) is 0 Å². The molecule has 0 spiro atoms. The van der Waals surface area contributed by atoms with Gasteiger partial charge in [0.2, 0.25) is 0 Å². The number of nitrogens with zero attached hydrogens (tertiary/aromatic N) is 1. The molecule has 0 aliphatic heterocycles. The van der Waals surface area contributed by atoms with Gasteiger partial charge in [0.05, 0.1) is 5.69 Å². The number of benzene rings is 3. The lowest BCUT2D eigenvalue weighted by molar-refractivity contribution is 0.626. The molecule has 2 nitrogen and oxygen atoms in total. The lowest BCUT2D eigenvalue weighted by Gasteiger charge is -2.26. The van der Waals surface area contributed by atoms with Crippen LogP contribution in [0.2, 0.25) is 0 Å². The summed E-state index contributed by atoms with van der Waals surface area (Å²) in [5, 5.41) is 1.23. The van der Waals surface area contributed by atoms with Crippen LogP contribution in [-0.4, -0.2) is 4.98 Å². The Morgan fingerprint density at radius 3 is 2.53 bits per heavy atom. The molecule has 0 N–H and O–H groups in total. The first-order valence-electron chi connectivity index (χ1n) is 11.3. The summed E-state index contributed by atoms with van der Waals surface area (Å²) in [6, 6.07) is 21.9. The molecule has 148 valence electrons. The van der Waals surface area contributed by atoms with Crippen LogP contribution in [0.1, 0.15) is 34.7 Å². The number of hydrogen-bond acceptors (Lipinski definition) is 2. The van der Waals surface area contributed by atoms with E-state index in [9.17, 15) is 4.39 Å². The van der Waals surface area contributed by atoms with Crippen LogP contribution in [0.15, 0.2) is 83.4 Å². The molecule has 2 aromatic heterocycles. The second kappa shape index (κ2) is 6.81. The van der Waals surface area contributed by atoms with Gasteiger partial charge in [0.25, 0.3) is 0 Å². The predicted molar refractivity (Wildman–Crippen MR) is 120 cm³/mol. The van der Waals surface area contributed by atoms with E-state index in [-0.39, 0.29) is 11.0 Å². The Bertz CT molecular complexity index is 1490. The van der Waals surface area contributed by atoms with Gasteiger partial charge in [-0.05, 0) is 47.8 Å². The van der Waals surface area contributed by atoms with Crippen molar-refractivity contribution in [1.82, 2.24) is 4.98 Å². The van der Waals surface area contributed by atoms with E-state index in [1.807, 2.05) is 36.4 Å². The SMILES string of the molecule is [2H]C([2H])([2H])c1ccc(-c2cc(F)ccn2)c2oc3ccc(C(C)(C)c4ccccc4)cc3c12. The number of halogens is 1. The first-order chi connectivity index (χ1) is 15.7. The molecule has 0 saturated heterocycles. The predicted octanol–water partition coefficient (Wildman–Crippen LogP) is 7.42. The fourth-order valence-electron chi connectivity index (χ4n) is 4.04. The van der Waals surface area contributed by atoms with Crippen molar-refractivity contribution < 1.29 is 12.9 Å². The molecule has 0 aliphatic carbocycles. The second-order valence-corrected chi connectivity index (χ2v) is 8.03. The van der Waals surface area contributed by atoms with Crippen molar-refractivity contribution in [2.24, 2.45) is 0 Å². The van der Waals surface area contributed by atoms with Crippen LogP contribution in [-0.2, 0) is 5.41 Å². The molecule has 0 radical (unpaired) electrons. The molecule has 0 saturated carbocycles. The Balaban J connectivity index is 1.82. The van der Waals surface area contributed by atoms with Gasteiger partial charge in [-0.1, -0.05) is 56.3 Å². The third-order valence-electron chi connectivity index (χ3n) is 5.83. The number of pyridine rings is 1. The summed E-state index contributed by atoms with van der Waals surface area (Å²) in [7, 11) is 0. The maximum Gasteiger partial charge on any atom is 0.145 e. The van der Waals surface area contributed by atoms with Gasteiger partial charge in [-0.2, -0.15) is 0 Å². The number of fused-ring (bicyclic) bond motifs is 3. The summed E-state index contributed by atoms with van der Waals surface area (Å²) < 4.78 is 44.4. The summed E-state index contributed by atoms with van der Waals surface area (Å²) in [5.41, 5.74) is 4.00. The molecule has 5 rings (SSSR count). The maximum absolute atomic E-state index is 13.9. The van der Waals surface area contributed by atoms with Crippen LogP contribution in [0.4, 0.5) is 4.39 Å². The monoisotopic (exact) mass is 398 g/mol. The average Bonchev–Trinajstić information content (AvgIpc) is 3.17. The Morgan fingerprint density at radius 2 is 1.77 bits per heavy atom.